The van der Waals surface area contributed by atoms with Crippen LogP contribution in [0.1, 0.15) is 26.7 Å². The number of hydrogen-bond donors (Lipinski definition) is 1. The summed E-state index contributed by atoms with van der Waals surface area (Å²) in [7, 11) is 0. The second-order valence-electron chi connectivity index (χ2n) is 6.12. The fourth-order valence-electron chi connectivity index (χ4n) is 2.55. The number of nitrogens with one attached hydrogen (secondary N) is 1. The van der Waals surface area contributed by atoms with Crippen molar-refractivity contribution in [1.29, 1.82) is 0 Å². The van der Waals surface area contributed by atoms with Crippen molar-refractivity contribution in [2.24, 2.45) is 5.41 Å². The number of piperidine rings is 1. The van der Waals surface area contributed by atoms with E-state index in [1.54, 1.807) is 4.90 Å². The summed E-state index contributed by atoms with van der Waals surface area (Å²) in [5.74, 6) is -0.461. The Kier molecular flexibility index (Phi) is 4.80. The Morgan fingerprint density at radius 2 is 2.00 bits per heavy atom. The van der Waals surface area contributed by atoms with Gasteiger partial charge in [-0.3, -0.25) is 4.79 Å². The molecule has 0 spiro atoms. The number of para-hydroxylation sites is 1. The number of benzene rings is 1. The average Bonchev–Trinajstić information content (AvgIpc) is 2.47. The molecule has 116 valence electrons. The van der Waals surface area contributed by atoms with E-state index in [0.717, 1.165) is 18.5 Å². The summed E-state index contributed by atoms with van der Waals surface area (Å²) in [6, 6.07) is 9.85. The van der Waals surface area contributed by atoms with E-state index in [9.17, 15) is 13.6 Å². The zero-order chi connectivity index (χ0) is 15.5. The molecule has 1 aromatic carbocycles. The highest BCUT2D eigenvalue weighted by atomic mass is 19.3. The second-order valence-corrected chi connectivity index (χ2v) is 6.12. The van der Waals surface area contributed by atoms with E-state index in [-0.39, 0.29) is 6.04 Å². The van der Waals surface area contributed by atoms with Gasteiger partial charge < -0.3 is 10.2 Å². The zero-order valence-corrected chi connectivity index (χ0v) is 12.5. The quantitative estimate of drug-likeness (QED) is 0.924. The standard InChI is InChI=1S/C16H22F2N2O/c1-16(2,14(17)18)15(21)20-10-6-9-13(11-20)19-12-7-4-3-5-8-12/h3-5,7-8,13-14,19H,6,9-11H2,1-2H3/t13-/m1/s1. The third-order valence-corrected chi connectivity index (χ3v) is 3.95. The first-order valence-electron chi connectivity index (χ1n) is 7.30. The molecule has 1 aliphatic rings. The molecule has 1 N–H and O–H groups in total. The normalized spacial score (nSPS) is 19.7. The second kappa shape index (κ2) is 6.41. The summed E-state index contributed by atoms with van der Waals surface area (Å²) >= 11 is 0. The largest absolute Gasteiger partial charge is 0.381 e. The van der Waals surface area contributed by atoms with Gasteiger partial charge in [-0.1, -0.05) is 18.2 Å². The number of rotatable bonds is 4. The summed E-state index contributed by atoms with van der Waals surface area (Å²) in [6.45, 7) is 3.66. The highest BCUT2D eigenvalue weighted by Crippen LogP contribution is 2.29. The number of alkyl halides is 2. The molecule has 1 fully saturated rings. The predicted molar refractivity (Wildman–Crippen MR) is 79.5 cm³/mol. The van der Waals surface area contributed by atoms with Gasteiger partial charge in [-0.05, 0) is 38.8 Å². The van der Waals surface area contributed by atoms with Crippen LogP contribution in [-0.2, 0) is 4.79 Å². The smallest absolute Gasteiger partial charge is 0.252 e. The number of hydrogen-bond acceptors (Lipinski definition) is 2. The number of carbonyl (C=O) groups excluding carboxylic acids is 1. The summed E-state index contributed by atoms with van der Waals surface area (Å²) in [6.07, 6.45) is -0.879. The van der Waals surface area contributed by atoms with Crippen LogP contribution >= 0.6 is 0 Å². The predicted octanol–water partition coefficient (Wildman–Crippen LogP) is 3.38. The van der Waals surface area contributed by atoms with Crippen molar-refractivity contribution in [1.82, 2.24) is 4.90 Å². The van der Waals surface area contributed by atoms with Gasteiger partial charge in [0.15, 0.2) is 0 Å². The van der Waals surface area contributed by atoms with Gasteiger partial charge >= 0.3 is 0 Å². The van der Waals surface area contributed by atoms with E-state index in [1.807, 2.05) is 30.3 Å². The summed E-state index contributed by atoms with van der Waals surface area (Å²) < 4.78 is 26.0. The van der Waals surface area contributed by atoms with Crippen LogP contribution in [0.5, 0.6) is 0 Å². The number of nitrogens with zero attached hydrogens (tertiary/aromatic N) is 1. The van der Waals surface area contributed by atoms with Gasteiger partial charge in [-0.15, -0.1) is 0 Å². The van der Waals surface area contributed by atoms with Crippen molar-refractivity contribution < 1.29 is 13.6 Å². The van der Waals surface area contributed by atoms with Crippen LogP contribution in [0.15, 0.2) is 30.3 Å². The van der Waals surface area contributed by atoms with Crippen LogP contribution in [0.4, 0.5) is 14.5 Å². The third kappa shape index (κ3) is 3.71. The van der Waals surface area contributed by atoms with E-state index in [2.05, 4.69) is 5.32 Å². The van der Waals surface area contributed by atoms with E-state index >= 15 is 0 Å². The van der Waals surface area contributed by atoms with Gasteiger partial charge in [-0.2, -0.15) is 0 Å². The van der Waals surface area contributed by atoms with Gasteiger partial charge in [0.05, 0.1) is 0 Å². The van der Waals surface area contributed by atoms with Crippen molar-refractivity contribution in [3.05, 3.63) is 30.3 Å². The molecule has 1 aliphatic heterocycles. The molecule has 0 radical (unpaired) electrons. The topological polar surface area (TPSA) is 32.3 Å². The zero-order valence-electron chi connectivity index (χ0n) is 12.5. The first kappa shape index (κ1) is 15.7. The first-order valence-corrected chi connectivity index (χ1v) is 7.30. The van der Waals surface area contributed by atoms with Crippen molar-refractivity contribution >= 4 is 11.6 Å². The van der Waals surface area contributed by atoms with Gasteiger partial charge in [-0.25, -0.2) is 8.78 Å². The van der Waals surface area contributed by atoms with Crippen LogP contribution in [0.2, 0.25) is 0 Å². The molecule has 1 heterocycles. The SMILES string of the molecule is CC(C)(C(=O)N1CCC[C@@H](Nc2ccccc2)C1)C(F)F. The Morgan fingerprint density at radius 1 is 1.33 bits per heavy atom. The lowest BCUT2D eigenvalue weighted by Crippen LogP contribution is -2.51. The van der Waals surface area contributed by atoms with Crippen molar-refractivity contribution in [3.63, 3.8) is 0 Å². The Hall–Kier alpha value is -1.65. The number of carbonyl (C=O) groups is 1. The summed E-state index contributed by atoms with van der Waals surface area (Å²) in [5, 5.41) is 3.36. The Morgan fingerprint density at radius 3 is 2.62 bits per heavy atom. The minimum atomic E-state index is -2.65. The monoisotopic (exact) mass is 296 g/mol. The van der Waals surface area contributed by atoms with Crippen LogP contribution < -0.4 is 5.32 Å². The highest BCUT2D eigenvalue weighted by molar-refractivity contribution is 5.82. The molecule has 2 rings (SSSR count). The summed E-state index contributed by atoms with van der Waals surface area (Å²) in [5.41, 5.74) is -0.626. The molecule has 0 aliphatic carbocycles. The molecule has 1 saturated heterocycles. The maximum atomic E-state index is 13.0. The fourth-order valence-corrected chi connectivity index (χ4v) is 2.55. The van der Waals surface area contributed by atoms with Crippen LogP contribution in [-0.4, -0.2) is 36.4 Å². The lowest BCUT2D eigenvalue weighted by Gasteiger charge is -2.37. The molecule has 1 amide bonds. The van der Waals surface area contributed by atoms with Crippen molar-refractivity contribution in [3.8, 4) is 0 Å². The fraction of sp³-hybridized carbons (Fsp3) is 0.562. The van der Waals surface area contributed by atoms with Crippen LogP contribution in [0.25, 0.3) is 0 Å². The van der Waals surface area contributed by atoms with Gasteiger partial charge in [0.1, 0.15) is 5.41 Å². The number of amides is 1. The highest BCUT2D eigenvalue weighted by Gasteiger charge is 2.41. The molecular formula is C16H22F2N2O. The van der Waals surface area contributed by atoms with Crippen LogP contribution in [0.3, 0.4) is 0 Å². The van der Waals surface area contributed by atoms with E-state index < -0.39 is 17.7 Å². The lowest BCUT2D eigenvalue weighted by molar-refractivity contribution is -0.149. The average molecular weight is 296 g/mol. The number of likely N-dealkylation sites (tertiary alicyclic amines) is 1. The van der Waals surface area contributed by atoms with Gasteiger partial charge in [0, 0.05) is 24.8 Å². The van der Waals surface area contributed by atoms with Crippen molar-refractivity contribution in [2.75, 3.05) is 18.4 Å². The first-order chi connectivity index (χ1) is 9.91. The van der Waals surface area contributed by atoms with Gasteiger partial charge in [0.2, 0.25) is 5.91 Å². The minimum absolute atomic E-state index is 0.110. The Labute approximate surface area is 124 Å². The third-order valence-electron chi connectivity index (χ3n) is 3.95. The molecular weight excluding hydrogens is 274 g/mol. The molecule has 0 aromatic heterocycles. The maximum absolute atomic E-state index is 13.0. The van der Waals surface area contributed by atoms with E-state index in [4.69, 9.17) is 0 Å². The van der Waals surface area contributed by atoms with Gasteiger partial charge in [0.25, 0.3) is 6.43 Å². The molecule has 0 saturated carbocycles. The molecule has 1 aromatic rings. The molecule has 1 atom stereocenters. The van der Waals surface area contributed by atoms with E-state index in [0.29, 0.717) is 13.1 Å². The minimum Gasteiger partial charge on any atom is -0.381 e. The molecule has 0 unspecified atom stereocenters. The molecule has 0 bridgehead atoms. The Bertz CT molecular complexity index is 476. The van der Waals surface area contributed by atoms with Crippen LogP contribution in [0, 0.1) is 5.41 Å². The maximum Gasteiger partial charge on any atom is 0.252 e. The van der Waals surface area contributed by atoms with Crippen molar-refractivity contribution in [2.45, 2.75) is 39.2 Å². The lowest BCUT2D eigenvalue weighted by atomic mass is 9.90. The molecule has 3 nitrogen and oxygen atoms in total. The number of anilines is 1. The molecule has 21 heavy (non-hydrogen) atoms. The number of halogens is 2. The summed E-state index contributed by atoms with van der Waals surface area (Å²) in [4.78, 5) is 13.8. The van der Waals surface area contributed by atoms with E-state index in [1.165, 1.54) is 13.8 Å². The molecule has 5 heteroatoms. The Balaban J connectivity index is 1.99.